The lowest BCUT2D eigenvalue weighted by Crippen LogP contribution is -2.49. The van der Waals surface area contributed by atoms with Crippen LogP contribution in [0.5, 0.6) is 17.2 Å². The molecule has 2 aromatic rings. The molecular formula is C31H36N6O9S. The van der Waals surface area contributed by atoms with Gasteiger partial charge in [-0.05, 0) is 49.7 Å². The number of hydrogen-bond donors (Lipinski definition) is 1. The summed E-state index contributed by atoms with van der Waals surface area (Å²) in [5.41, 5.74) is 0.190. The van der Waals surface area contributed by atoms with Gasteiger partial charge in [-0.1, -0.05) is 17.8 Å². The first-order valence-corrected chi connectivity index (χ1v) is 15.5. The van der Waals surface area contributed by atoms with E-state index in [9.17, 15) is 24.5 Å². The number of nitro benzene ring substituents is 1. The van der Waals surface area contributed by atoms with Gasteiger partial charge in [-0.15, -0.1) is 6.58 Å². The number of hydrogen-bond acceptors (Lipinski definition) is 12. The second kappa shape index (κ2) is 16.0. The molecule has 2 heterocycles. The Morgan fingerprint density at radius 1 is 1.15 bits per heavy atom. The van der Waals surface area contributed by atoms with Crippen LogP contribution in [0.25, 0.3) is 0 Å². The first kappa shape index (κ1) is 34.9. The lowest BCUT2D eigenvalue weighted by Gasteiger charge is -2.35. The quantitative estimate of drug-likeness (QED) is 0.144. The molecule has 15 nitrogen and oxygen atoms in total. The maximum atomic E-state index is 13.3. The van der Waals surface area contributed by atoms with Gasteiger partial charge in [0.05, 0.1) is 50.2 Å². The van der Waals surface area contributed by atoms with Gasteiger partial charge in [-0.25, -0.2) is 0 Å². The van der Waals surface area contributed by atoms with Crippen molar-refractivity contribution in [3.05, 3.63) is 64.7 Å². The second-order valence-electron chi connectivity index (χ2n) is 10.6. The molecule has 0 aliphatic carbocycles. The van der Waals surface area contributed by atoms with E-state index in [0.717, 1.165) is 16.8 Å². The van der Waals surface area contributed by atoms with Crippen molar-refractivity contribution in [2.75, 3.05) is 45.8 Å². The summed E-state index contributed by atoms with van der Waals surface area (Å²) in [5.74, 6) is -0.288. The van der Waals surface area contributed by atoms with E-state index in [0.29, 0.717) is 30.2 Å². The van der Waals surface area contributed by atoms with E-state index in [1.165, 1.54) is 38.6 Å². The minimum atomic E-state index is -0.881. The van der Waals surface area contributed by atoms with Crippen molar-refractivity contribution < 1.29 is 38.3 Å². The maximum Gasteiger partial charge on any atom is 0.296 e. The highest BCUT2D eigenvalue weighted by Crippen LogP contribution is 2.33. The molecule has 3 amide bonds. The van der Waals surface area contributed by atoms with Crippen LogP contribution in [0, 0.1) is 10.1 Å². The van der Waals surface area contributed by atoms with E-state index in [-0.39, 0.29) is 60.0 Å². The van der Waals surface area contributed by atoms with Gasteiger partial charge in [0.25, 0.3) is 17.5 Å². The van der Waals surface area contributed by atoms with Crippen LogP contribution in [0.4, 0.5) is 11.4 Å². The molecule has 3 atom stereocenters. The third-order valence-electron chi connectivity index (χ3n) is 6.95. The van der Waals surface area contributed by atoms with E-state index in [4.69, 9.17) is 18.9 Å². The van der Waals surface area contributed by atoms with E-state index < -0.39 is 22.0 Å². The minimum Gasteiger partial charge on any atom is -0.496 e. The lowest BCUT2D eigenvalue weighted by atomic mass is 10.2. The first-order chi connectivity index (χ1) is 22.5. The summed E-state index contributed by atoms with van der Waals surface area (Å²) < 4.78 is 22.0. The number of thioether (sulfide) groups is 1. The SMILES string of the molecule is C=CCN=C1S[C@H](CC(=O)Nc2ccc(OC)cc2[N+](=O)[O-])C(=O)N1/N=C\c1ccc(OCC(=O)N2C[C@@H](C)O[C@H](C)C2)c(OC)c1. The number of nitrogens with one attached hydrogen (secondary N) is 1. The number of aliphatic imine (C=N–C) groups is 1. The number of hydrazone groups is 1. The molecule has 0 unspecified atom stereocenters. The number of amides is 3. The minimum absolute atomic E-state index is 0.0253. The molecule has 2 aliphatic heterocycles. The van der Waals surface area contributed by atoms with E-state index >= 15 is 0 Å². The standard InChI is InChI=1S/C31H36N6O9S/c1-6-11-32-31-36(30(40)27(47-31)14-28(38)34-23-9-8-22(43-4)13-24(23)37(41)42)33-15-21-7-10-25(26(12-21)44-5)45-18-29(39)35-16-19(2)46-20(3)17-35/h6-10,12-13,15,19-20,27H,1,11,14,16-18H2,2-5H3,(H,34,38)/b32-31?,33-15-/t19-,20-,27-/m1/s1. The van der Waals surface area contributed by atoms with Crippen LogP contribution in [0.2, 0.25) is 0 Å². The topological polar surface area (TPSA) is 174 Å². The average molecular weight is 669 g/mol. The highest BCUT2D eigenvalue weighted by atomic mass is 32.2. The molecule has 16 heteroatoms. The molecule has 2 fully saturated rings. The van der Waals surface area contributed by atoms with Crippen LogP contribution in [0.15, 0.2) is 59.1 Å². The normalized spacial score (nSPS) is 20.4. The summed E-state index contributed by atoms with van der Waals surface area (Å²) in [7, 11) is 2.84. The number of amidine groups is 1. The zero-order chi connectivity index (χ0) is 34.1. The number of carbonyl (C=O) groups is 3. The maximum absolute atomic E-state index is 13.3. The van der Waals surface area contributed by atoms with Gasteiger partial charge in [-0.2, -0.15) is 10.1 Å². The summed E-state index contributed by atoms with van der Waals surface area (Å²) in [6, 6.07) is 9.00. The molecular weight excluding hydrogens is 632 g/mol. The number of carbonyl (C=O) groups excluding carboxylic acids is 3. The Kier molecular flexibility index (Phi) is 11.9. The summed E-state index contributed by atoms with van der Waals surface area (Å²) >= 11 is 1.05. The van der Waals surface area contributed by atoms with Crippen LogP contribution in [0.1, 0.15) is 25.8 Å². The molecule has 0 bridgehead atoms. The molecule has 1 N–H and O–H groups in total. The molecule has 2 saturated heterocycles. The largest absolute Gasteiger partial charge is 0.496 e. The van der Waals surface area contributed by atoms with Crippen molar-refractivity contribution in [1.29, 1.82) is 0 Å². The zero-order valence-electron chi connectivity index (χ0n) is 26.4. The van der Waals surface area contributed by atoms with Crippen molar-refractivity contribution >= 4 is 52.2 Å². The van der Waals surface area contributed by atoms with Crippen molar-refractivity contribution in [2.45, 2.75) is 37.7 Å². The Morgan fingerprint density at radius 2 is 1.89 bits per heavy atom. The summed E-state index contributed by atoms with van der Waals surface area (Å²) in [6.45, 7) is 8.49. The first-order valence-electron chi connectivity index (χ1n) is 14.6. The Balaban J connectivity index is 1.43. The molecule has 0 aromatic heterocycles. The van der Waals surface area contributed by atoms with Gasteiger partial charge >= 0.3 is 0 Å². The third-order valence-corrected chi connectivity index (χ3v) is 8.11. The van der Waals surface area contributed by atoms with Crippen LogP contribution < -0.4 is 19.5 Å². The summed E-state index contributed by atoms with van der Waals surface area (Å²) in [4.78, 5) is 55.9. The molecule has 0 radical (unpaired) electrons. The fraction of sp³-hybridized carbons (Fsp3) is 0.387. The Bertz CT molecular complexity index is 1570. The van der Waals surface area contributed by atoms with Gasteiger partial charge in [0.2, 0.25) is 5.91 Å². The number of anilines is 1. The van der Waals surface area contributed by atoms with E-state index in [2.05, 4.69) is 22.0 Å². The van der Waals surface area contributed by atoms with Crippen molar-refractivity contribution in [3.63, 3.8) is 0 Å². The number of ether oxygens (including phenoxy) is 4. The molecule has 0 spiro atoms. The Hall–Kier alpha value is -4.96. The zero-order valence-corrected chi connectivity index (χ0v) is 27.2. The highest BCUT2D eigenvalue weighted by Gasteiger charge is 2.39. The average Bonchev–Trinajstić information content (AvgIpc) is 3.33. The molecule has 47 heavy (non-hydrogen) atoms. The van der Waals surface area contributed by atoms with Crippen molar-refractivity contribution in [3.8, 4) is 17.2 Å². The van der Waals surface area contributed by atoms with Gasteiger partial charge in [0, 0.05) is 19.5 Å². The van der Waals surface area contributed by atoms with Crippen molar-refractivity contribution in [2.24, 2.45) is 10.1 Å². The van der Waals surface area contributed by atoms with Crippen LogP contribution >= 0.6 is 11.8 Å². The van der Waals surface area contributed by atoms with Gasteiger partial charge in [0.15, 0.2) is 23.3 Å². The predicted molar refractivity (Wildman–Crippen MR) is 176 cm³/mol. The number of rotatable bonds is 13. The Labute approximate surface area is 275 Å². The second-order valence-corrected chi connectivity index (χ2v) is 11.7. The van der Waals surface area contributed by atoms with Crippen LogP contribution in [-0.2, 0) is 19.1 Å². The number of morpholine rings is 1. The lowest BCUT2D eigenvalue weighted by molar-refractivity contribution is -0.384. The summed E-state index contributed by atoms with van der Waals surface area (Å²) in [5, 5.41) is 18.8. The number of benzene rings is 2. The number of methoxy groups -OCH3 is 2. The van der Waals surface area contributed by atoms with Gasteiger partial charge in [0.1, 0.15) is 16.7 Å². The molecule has 2 aliphatic rings. The van der Waals surface area contributed by atoms with Crippen LogP contribution in [-0.4, -0.2) is 102 Å². The number of nitrogens with zero attached hydrogens (tertiary/aromatic N) is 5. The highest BCUT2D eigenvalue weighted by molar-refractivity contribution is 8.15. The molecule has 250 valence electrons. The van der Waals surface area contributed by atoms with E-state index in [1.807, 2.05) is 13.8 Å². The summed E-state index contributed by atoms with van der Waals surface area (Å²) in [6.07, 6.45) is 2.58. The smallest absolute Gasteiger partial charge is 0.296 e. The van der Waals surface area contributed by atoms with Crippen LogP contribution in [0.3, 0.4) is 0 Å². The predicted octanol–water partition coefficient (Wildman–Crippen LogP) is 3.48. The third kappa shape index (κ3) is 9.07. The molecule has 4 rings (SSSR count). The number of nitro groups is 1. The Morgan fingerprint density at radius 3 is 2.55 bits per heavy atom. The molecule has 2 aromatic carbocycles. The molecule has 0 saturated carbocycles. The fourth-order valence-electron chi connectivity index (χ4n) is 4.83. The van der Waals surface area contributed by atoms with Crippen molar-refractivity contribution in [1.82, 2.24) is 9.91 Å². The van der Waals surface area contributed by atoms with E-state index in [1.54, 1.807) is 29.2 Å². The monoisotopic (exact) mass is 668 g/mol. The fourth-order valence-corrected chi connectivity index (χ4v) is 5.90. The van der Waals surface area contributed by atoms with Gasteiger partial charge in [-0.3, -0.25) is 29.5 Å². The van der Waals surface area contributed by atoms with Gasteiger partial charge < -0.3 is 29.2 Å².